The van der Waals surface area contributed by atoms with Crippen molar-refractivity contribution in [2.45, 2.75) is 13.8 Å². The average Bonchev–Trinajstić information content (AvgIpc) is 3.27. The predicted octanol–water partition coefficient (Wildman–Crippen LogP) is 2.89. The number of thiazole rings is 1. The topological polar surface area (TPSA) is 97.4 Å². The highest BCUT2D eigenvalue weighted by Crippen LogP contribution is 2.29. The minimum absolute atomic E-state index is 0.302. The second-order valence-electron chi connectivity index (χ2n) is 5.82. The first-order valence-electron chi connectivity index (χ1n) is 8.07. The zero-order chi connectivity index (χ0) is 19.4. The molecule has 0 spiro atoms. The third kappa shape index (κ3) is 4.89. The summed E-state index contributed by atoms with van der Waals surface area (Å²) in [5.41, 5.74) is 3.00. The molecule has 1 aromatic carbocycles. The molecule has 0 bridgehead atoms. The van der Waals surface area contributed by atoms with Crippen molar-refractivity contribution >= 4 is 55.8 Å². The molecule has 9 heteroatoms. The monoisotopic (exact) mass is 403 g/mol. The molecule has 2 amide bonds. The minimum atomic E-state index is -0.689. The van der Waals surface area contributed by atoms with Crippen LogP contribution in [0, 0.1) is 13.8 Å². The number of hydrogen-bond acceptors (Lipinski definition) is 7. The van der Waals surface area contributed by atoms with Crippen LogP contribution in [0.15, 0.2) is 29.6 Å². The number of benzene rings is 1. The van der Waals surface area contributed by atoms with Gasteiger partial charge in [-0.05, 0) is 42.5 Å². The molecule has 0 saturated carbocycles. The van der Waals surface area contributed by atoms with Gasteiger partial charge in [0.05, 0.1) is 15.1 Å². The number of nitrogens with one attached hydrogen (secondary N) is 2. The number of hydrogen-bond donors (Lipinski definition) is 2. The van der Waals surface area contributed by atoms with Gasteiger partial charge in [0.1, 0.15) is 6.54 Å². The third-order valence-corrected chi connectivity index (χ3v) is 5.37. The fraction of sp³-hybridized carbons (Fsp3) is 0.222. The molecule has 3 rings (SSSR count). The van der Waals surface area contributed by atoms with Crippen LogP contribution < -0.4 is 10.6 Å². The Hall–Kier alpha value is -2.78. The number of aromatic nitrogens is 1. The second kappa shape index (κ2) is 8.28. The molecule has 0 saturated heterocycles. The fourth-order valence-electron chi connectivity index (χ4n) is 2.42. The van der Waals surface area contributed by atoms with E-state index in [4.69, 9.17) is 4.74 Å². The van der Waals surface area contributed by atoms with E-state index in [0.29, 0.717) is 10.0 Å². The zero-order valence-electron chi connectivity index (χ0n) is 14.7. The molecule has 7 nitrogen and oxygen atoms in total. The van der Waals surface area contributed by atoms with E-state index in [-0.39, 0.29) is 12.5 Å². The molecule has 0 fully saturated rings. The lowest BCUT2D eigenvalue weighted by molar-refractivity contribution is -0.146. The molecule has 3 aromatic rings. The van der Waals surface area contributed by atoms with Gasteiger partial charge in [-0.15, -0.1) is 11.3 Å². The average molecular weight is 403 g/mol. The van der Waals surface area contributed by atoms with Crippen LogP contribution in [0.1, 0.15) is 20.8 Å². The maximum atomic E-state index is 12.0. The second-order valence-corrected chi connectivity index (χ2v) is 7.79. The summed E-state index contributed by atoms with van der Waals surface area (Å²) in [5.74, 6) is -1.53. The number of fused-ring (bicyclic) bond motifs is 1. The van der Waals surface area contributed by atoms with Crippen molar-refractivity contribution in [3.05, 3.63) is 45.6 Å². The number of anilines is 1. The number of thiophene rings is 1. The van der Waals surface area contributed by atoms with Crippen LogP contribution in [0.3, 0.4) is 0 Å². The van der Waals surface area contributed by atoms with Crippen molar-refractivity contribution in [1.29, 1.82) is 0 Å². The summed E-state index contributed by atoms with van der Waals surface area (Å²) in [5, 5.41) is 7.28. The smallest absolute Gasteiger partial charge is 0.325 e. The molecule has 0 aliphatic rings. The number of nitrogens with zero attached hydrogens (tertiary/aromatic N) is 1. The summed E-state index contributed by atoms with van der Waals surface area (Å²) in [6, 6.07) is 7.43. The summed E-state index contributed by atoms with van der Waals surface area (Å²) < 4.78 is 5.86. The van der Waals surface area contributed by atoms with E-state index in [1.54, 1.807) is 17.5 Å². The van der Waals surface area contributed by atoms with Crippen LogP contribution in [0.4, 0.5) is 5.13 Å². The van der Waals surface area contributed by atoms with E-state index in [9.17, 15) is 14.4 Å². The molecule has 0 atom stereocenters. The van der Waals surface area contributed by atoms with E-state index < -0.39 is 18.5 Å². The Kier molecular flexibility index (Phi) is 5.82. The standard InChI is InChI=1S/C18H17N3O4S2/c1-10-6-11(2)16-13(7-10)27-18(21-16)20-14(22)9-25-15(23)8-19-17(24)12-4-3-5-26-12/h3-7H,8-9H2,1-2H3,(H,19,24)(H,20,21,22). The molecule has 0 unspecified atom stereocenters. The van der Waals surface area contributed by atoms with Gasteiger partial charge in [-0.1, -0.05) is 23.5 Å². The molecule has 2 heterocycles. The van der Waals surface area contributed by atoms with Gasteiger partial charge >= 0.3 is 5.97 Å². The van der Waals surface area contributed by atoms with E-state index in [0.717, 1.165) is 21.3 Å². The number of ether oxygens (including phenoxy) is 1. The van der Waals surface area contributed by atoms with Gasteiger partial charge < -0.3 is 10.1 Å². The van der Waals surface area contributed by atoms with Crippen molar-refractivity contribution in [3.8, 4) is 0 Å². The van der Waals surface area contributed by atoms with Gasteiger partial charge in [-0.3, -0.25) is 19.7 Å². The quantitative estimate of drug-likeness (QED) is 0.617. The Morgan fingerprint density at radius 2 is 2.04 bits per heavy atom. The Morgan fingerprint density at radius 1 is 1.22 bits per heavy atom. The van der Waals surface area contributed by atoms with Crippen molar-refractivity contribution in [3.63, 3.8) is 0 Å². The molecule has 27 heavy (non-hydrogen) atoms. The van der Waals surface area contributed by atoms with Crippen molar-refractivity contribution in [1.82, 2.24) is 10.3 Å². The van der Waals surface area contributed by atoms with Crippen molar-refractivity contribution < 1.29 is 19.1 Å². The van der Waals surface area contributed by atoms with E-state index in [1.807, 2.05) is 26.0 Å². The third-order valence-electron chi connectivity index (χ3n) is 3.58. The van der Waals surface area contributed by atoms with Gasteiger partial charge in [0, 0.05) is 0 Å². The number of rotatable bonds is 6. The van der Waals surface area contributed by atoms with Crippen LogP contribution in [0.2, 0.25) is 0 Å². The molecule has 0 aliphatic carbocycles. The number of carbonyl (C=O) groups excluding carboxylic acids is 3. The molecule has 140 valence electrons. The molecule has 0 aliphatic heterocycles. The molecule has 2 N–H and O–H groups in total. The van der Waals surface area contributed by atoms with E-state index in [1.165, 1.54) is 22.7 Å². The first-order chi connectivity index (χ1) is 12.9. The molecular formula is C18H17N3O4S2. The number of aryl methyl sites for hydroxylation is 2. The summed E-state index contributed by atoms with van der Waals surface area (Å²) in [6.45, 7) is 3.22. The van der Waals surface area contributed by atoms with Crippen LogP contribution >= 0.6 is 22.7 Å². The highest BCUT2D eigenvalue weighted by molar-refractivity contribution is 7.22. The lowest BCUT2D eigenvalue weighted by atomic mass is 10.1. The van der Waals surface area contributed by atoms with Crippen molar-refractivity contribution in [2.75, 3.05) is 18.5 Å². The predicted molar refractivity (Wildman–Crippen MR) is 105 cm³/mol. The van der Waals surface area contributed by atoms with Crippen molar-refractivity contribution in [2.24, 2.45) is 0 Å². The van der Waals surface area contributed by atoms with Gasteiger partial charge in [0.25, 0.3) is 11.8 Å². The summed E-state index contributed by atoms with van der Waals surface area (Å²) in [7, 11) is 0. The SMILES string of the molecule is Cc1cc(C)c2nc(NC(=O)COC(=O)CNC(=O)c3cccs3)sc2c1. The van der Waals surface area contributed by atoms with E-state index in [2.05, 4.69) is 15.6 Å². The van der Waals surface area contributed by atoms with Gasteiger partial charge in [0.2, 0.25) is 0 Å². The lowest BCUT2D eigenvalue weighted by Gasteiger charge is -2.05. The highest BCUT2D eigenvalue weighted by Gasteiger charge is 2.13. The number of esters is 1. The van der Waals surface area contributed by atoms with Crippen LogP contribution in [-0.2, 0) is 14.3 Å². The zero-order valence-corrected chi connectivity index (χ0v) is 16.3. The van der Waals surface area contributed by atoms with Crippen LogP contribution in [-0.4, -0.2) is 35.9 Å². The summed E-state index contributed by atoms with van der Waals surface area (Å²) in [6.07, 6.45) is 0. The summed E-state index contributed by atoms with van der Waals surface area (Å²) >= 11 is 2.63. The highest BCUT2D eigenvalue weighted by atomic mass is 32.1. The number of amides is 2. The molecule has 0 radical (unpaired) electrons. The minimum Gasteiger partial charge on any atom is -0.454 e. The molecular weight excluding hydrogens is 386 g/mol. The summed E-state index contributed by atoms with van der Waals surface area (Å²) in [4.78, 5) is 40.3. The van der Waals surface area contributed by atoms with Gasteiger partial charge in [-0.25, -0.2) is 4.98 Å². The van der Waals surface area contributed by atoms with Crippen LogP contribution in [0.25, 0.3) is 10.2 Å². The Bertz CT molecular complexity index is 996. The maximum absolute atomic E-state index is 12.0. The lowest BCUT2D eigenvalue weighted by Crippen LogP contribution is -2.31. The fourth-order valence-corrected chi connectivity index (χ4v) is 4.12. The Labute approximate surface area is 163 Å². The molecule has 2 aromatic heterocycles. The van der Waals surface area contributed by atoms with Gasteiger partial charge in [-0.2, -0.15) is 0 Å². The largest absolute Gasteiger partial charge is 0.454 e. The maximum Gasteiger partial charge on any atom is 0.325 e. The number of carbonyl (C=O) groups is 3. The Balaban J connectivity index is 1.47. The van der Waals surface area contributed by atoms with E-state index >= 15 is 0 Å². The first kappa shape index (κ1) is 19.0. The Morgan fingerprint density at radius 3 is 2.78 bits per heavy atom. The first-order valence-corrected chi connectivity index (χ1v) is 9.77. The van der Waals surface area contributed by atoms with Crippen LogP contribution in [0.5, 0.6) is 0 Å². The van der Waals surface area contributed by atoms with Gasteiger partial charge in [0.15, 0.2) is 11.7 Å². The normalized spacial score (nSPS) is 10.6.